The van der Waals surface area contributed by atoms with E-state index in [-0.39, 0.29) is 5.91 Å². The monoisotopic (exact) mass is 204 g/mol. The highest BCUT2D eigenvalue weighted by Crippen LogP contribution is 2.16. The summed E-state index contributed by atoms with van der Waals surface area (Å²) in [6.45, 7) is 3.72. The summed E-state index contributed by atoms with van der Waals surface area (Å²) in [5.41, 5.74) is 8.15. The second-order valence-corrected chi connectivity index (χ2v) is 4.13. The summed E-state index contributed by atoms with van der Waals surface area (Å²) in [7, 11) is 0. The highest BCUT2D eigenvalue weighted by atomic mass is 16.2. The number of carbonyl (C=O) groups excluding carboxylic acids is 1. The fourth-order valence-corrected chi connectivity index (χ4v) is 2.04. The summed E-state index contributed by atoms with van der Waals surface area (Å²) < 4.78 is 0. The number of rotatable bonds is 1. The Bertz CT molecular complexity index is 361. The molecular formula is C12H16N2O. The number of hydrogen-bond acceptors (Lipinski definition) is 2. The van der Waals surface area contributed by atoms with Gasteiger partial charge in [-0.3, -0.25) is 4.79 Å². The van der Waals surface area contributed by atoms with Gasteiger partial charge in [-0.05, 0) is 43.5 Å². The maximum absolute atomic E-state index is 12.0. The SMILES string of the molecule is Cc1cc(N)cc(C(=O)N2CCCC2)c1. The van der Waals surface area contributed by atoms with Gasteiger partial charge in [0.05, 0.1) is 0 Å². The van der Waals surface area contributed by atoms with E-state index in [1.165, 1.54) is 0 Å². The van der Waals surface area contributed by atoms with Crippen LogP contribution < -0.4 is 5.73 Å². The van der Waals surface area contributed by atoms with Crippen LogP contribution >= 0.6 is 0 Å². The van der Waals surface area contributed by atoms with E-state index in [1.807, 2.05) is 24.0 Å². The normalized spacial score (nSPS) is 15.7. The van der Waals surface area contributed by atoms with Crippen molar-refractivity contribution in [2.24, 2.45) is 0 Å². The molecule has 1 heterocycles. The minimum Gasteiger partial charge on any atom is -0.399 e. The second-order valence-electron chi connectivity index (χ2n) is 4.13. The molecule has 0 spiro atoms. The molecule has 1 saturated heterocycles. The van der Waals surface area contributed by atoms with Crippen LogP contribution in [0.15, 0.2) is 18.2 Å². The fraction of sp³-hybridized carbons (Fsp3) is 0.417. The third-order valence-corrected chi connectivity index (χ3v) is 2.74. The molecule has 2 rings (SSSR count). The first-order valence-electron chi connectivity index (χ1n) is 5.33. The minimum atomic E-state index is 0.114. The van der Waals surface area contributed by atoms with Gasteiger partial charge in [-0.2, -0.15) is 0 Å². The van der Waals surface area contributed by atoms with Crippen molar-refractivity contribution < 1.29 is 4.79 Å². The van der Waals surface area contributed by atoms with Crippen LogP contribution in [-0.4, -0.2) is 23.9 Å². The van der Waals surface area contributed by atoms with Gasteiger partial charge in [0, 0.05) is 24.3 Å². The lowest BCUT2D eigenvalue weighted by molar-refractivity contribution is 0.0793. The molecule has 3 heteroatoms. The lowest BCUT2D eigenvalue weighted by Gasteiger charge is -2.15. The van der Waals surface area contributed by atoms with Gasteiger partial charge in [0.15, 0.2) is 0 Å². The molecule has 1 aliphatic rings. The Morgan fingerprint density at radius 3 is 2.53 bits per heavy atom. The van der Waals surface area contributed by atoms with Gasteiger partial charge >= 0.3 is 0 Å². The molecular weight excluding hydrogens is 188 g/mol. The van der Waals surface area contributed by atoms with E-state index in [0.717, 1.165) is 37.1 Å². The van der Waals surface area contributed by atoms with E-state index in [2.05, 4.69) is 0 Å². The van der Waals surface area contributed by atoms with Gasteiger partial charge in [-0.1, -0.05) is 0 Å². The van der Waals surface area contributed by atoms with Crippen molar-refractivity contribution in [2.45, 2.75) is 19.8 Å². The lowest BCUT2D eigenvalue weighted by Crippen LogP contribution is -2.27. The summed E-state index contributed by atoms with van der Waals surface area (Å²) in [5.74, 6) is 0.114. The molecule has 0 saturated carbocycles. The summed E-state index contributed by atoms with van der Waals surface area (Å²) in [6.07, 6.45) is 2.24. The zero-order valence-corrected chi connectivity index (χ0v) is 8.99. The van der Waals surface area contributed by atoms with Crippen LogP contribution in [0.25, 0.3) is 0 Å². The van der Waals surface area contributed by atoms with Crippen molar-refractivity contribution in [3.8, 4) is 0 Å². The van der Waals surface area contributed by atoms with Gasteiger partial charge in [-0.15, -0.1) is 0 Å². The minimum absolute atomic E-state index is 0.114. The fourth-order valence-electron chi connectivity index (χ4n) is 2.04. The molecule has 15 heavy (non-hydrogen) atoms. The zero-order chi connectivity index (χ0) is 10.8. The van der Waals surface area contributed by atoms with Crippen LogP contribution in [0.3, 0.4) is 0 Å². The molecule has 2 N–H and O–H groups in total. The second kappa shape index (κ2) is 3.93. The van der Waals surface area contributed by atoms with Crippen molar-refractivity contribution in [3.05, 3.63) is 29.3 Å². The quantitative estimate of drug-likeness (QED) is 0.709. The Hall–Kier alpha value is -1.51. The number of nitrogens with zero attached hydrogens (tertiary/aromatic N) is 1. The van der Waals surface area contributed by atoms with Gasteiger partial charge in [0.2, 0.25) is 0 Å². The number of nitrogen functional groups attached to an aromatic ring is 1. The van der Waals surface area contributed by atoms with Gasteiger partial charge < -0.3 is 10.6 Å². The first kappa shape index (κ1) is 10.0. The number of benzene rings is 1. The molecule has 0 aromatic heterocycles. The molecule has 1 fully saturated rings. The van der Waals surface area contributed by atoms with Crippen molar-refractivity contribution >= 4 is 11.6 Å². The van der Waals surface area contributed by atoms with E-state index < -0.39 is 0 Å². The first-order chi connectivity index (χ1) is 7.16. The molecule has 0 unspecified atom stereocenters. The lowest BCUT2D eigenvalue weighted by atomic mass is 10.1. The highest BCUT2D eigenvalue weighted by molar-refractivity contribution is 5.95. The van der Waals surface area contributed by atoms with E-state index in [1.54, 1.807) is 6.07 Å². The number of likely N-dealkylation sites (tertiary alicyclic amines) is 1. The summed E-state index contributed by atoms with van der Waals surface area (Å²) in [5, 5.41) is 0. The molecule has 1 aliphatic heterocycles. The third-order valence-electron chi connectivity index (χ3n) is 2.74. The Labute approximate surface area is 89.9 Å². The van der Waals surface area contributed by atoms with Crippen LogP contribution in [0.4, 0.5) is 5.69 Å². The molecule has 1 aromatic carbocycles. The van der Waals surface area contributed by atoms with Gasteiger partial charge in [0.25, 0.3) is 5.91 Å². The van der Waals surface area contributed by atoms with Crippen molar-refractivity contribution in [3.63, 3.8) is 0 Å². The summed E-state index contributed by atoms with van der Waals surface area (Å²) >= 11 is 0. The third kappa shape index (κ3) is 2.12. The molecule has 0 atom stereocenters. The van der Waals surface area contributed by atoms with Crippen molar-refractivity contribution in [1.82, 2.24) is 4.90 Å². The average molecular weight is 204 g/mol. The predicted octanol–water partition coefficient (Wildman–Crippen LogP) is 1.81. The number of aryl methyl sites for hydroxylation is 1. The standard InChI is InChI=1S/C12H16N2O/c1-9-6-10(8-11(13)7-9)12(15)14-4-2-3-5-14/h6-8H,2-5,13H2,1H3. The topological polar surface area (TPSA) is 46.3 Å². The largest absolute Gasteiger partial charge is 0.399 e. The van der Waals surface area contributed by atoms with Gasteiger partial charge in [-0.25, -0.2) is 0 Å². The zero-order valence-electron chi connectivity index (χ0n) is 8.99. The van der Waals surface area contributed by atoms with E-state index in [4.69, 9.17) is 5.73 Å². The van der Waals surface area contributed by atoms with E-state index >= 15 is 0 Å². The van der Waals surface area contributed by atoms with Crippen LogP contribution in [0.5, 0.6) is 0 Å². The van der Waals surface area contributed by atoms with Crippen molar-refractivity contribution in [1.29, 1.82) is 0 Å². The maximum Gasteiger partial charge on any atom is 0.253 e. The molecule has 80 valence electrons. The Morgan fingerprint density at radius 1 is 1.27 bits per heavy atom. The highest BCUT2D eigenvalue weighted by Gasteiger charge is 2.19. The van der Waals surface area contributed by atoms with Crippen LogP contribution in [0.1, 0.15) is 28.8 Å². The molecule has 0 radical (unpaired) electrons. The van der Waals surface area contributed by atoms with Crippen LogP contribution in [0.2, 0.25) is 0 Å². The number of nitrogens with two attached hydrogens (primary N) is 1. The average Bonchev–Trinajstić information content (AvgIpc) is 2.67. The van der Waals surface area contributed by atoms with Crippen LogP contribution in [0, 0.1) is 6.92 Å². The first-order valence-corrected chi connectivity index (χ1v) is 5.33. The molecule has 1 aromatic rings. The predicted molar refractivity (Wildman–Crippen MR) is 60.7 cm³/mol. The summed E-state index contributed by atoms with van der Waals surface area (Å²) in [6, 6.07) is 5.53. The Kier molecular flexibility index (Phi) is 2.62. The molecule has 1 amide bonds. The van der Waals surface area contributed by atoms with E-state index in [9.17, 15) is 4.79 Å². The van der Waals surface area contributed by atoms with Gasteiger partial charge in [0.1, 0.15) is 0 Å². The smallest absolute Gasteiger partial charge is 0.253 e. The number of anilines is 1. The maximum atomic E-state index is 12.0. The van der Waals surface area contributed by atoms with Crippen LogP contribution in [-0.2, 0) is 0 Å². The summed E-state index contributed by atoms with van der Waals surface area (Å²) in [4.78, 5) is 13.9. The number of amides is 1. The number of hydrogen-bond donors (Lipinski definition) is 1. The van der Waals surface area contributed by atoms with Crippen molar-refractivity contribution in [2.75, 3.05) is 18.8 Å². The Balaban J connectivity index is 2.24. The van der Waals surface area contributed by atoms with E-state index in [0.29, 0.717) is 5.69 Å². The molecule has 0 aliphatic carbocycles. The molecule has 3 nitrogen and oxygen atoms in total. The number of carbonyl (C=O) groups is 1. The Morgan fingerprint density at radius 2 is 1.93 bits per heavy atom. The molecule has 0 bridgehead atoms.